The lowest BCUT2D eigenvalue weighted by Crippen LogP contribution is -2.64. The first-order chi connectivity index (χ1) is 21.4. The predicted octanol–water partition coefficient (Wildman–Crippen LogP) is -1.08. The molecule has 2 saturated heterocycles. The van der Waals surface area contributed by atoms with Crippen molar-refractivity contribution >= 4 is 11.0 Å². The monoisotopic (exact) mass is 638 g/mol. The van der Waals surface area contributed by atoms with Crippen molar-refractivity contribution in [2.45, 2.75) is 68.3 Å². The number of hydrogen-bond donors (Lipinski definition) is 8. The highest BCUT2D eigenvalue weighted by molar-refractivity contribution is 5.86. The first-order valence-electron chi connectivity index (χ1n) is 13.8. The van der Waals surface area contributed by atoms with Gasteiger partial charge >= 0.3 is 0 Å². The van der Waals surface area contributed by atoms with E-state index in [1.54, 1.807) is 0 Å². The van der Waals surface area contributed by atoms with E-state index in [0.717, 1.165) is 12.1 Å². The van der Waals surface area contributed by atoms with E-state index in [1.807, 2.05) is 0 Å². The fourth-order valence-corrected chi connectivity index (χ4v) is 5.20. The lowest BCUT2D eigenvalue weighted by atomic mass is 9.97. The molecule has 0 bridgehead atoms. The Morgan fingerprint density at radius 3 is 2.09 bits per heavy atom. The average Bonchev–Trinajstić information content (AvgIpc) is 3.01. The van der Waals surface area contributed by atoms with Crippen molar-refractivity contribution in [3.8, 4) is 40.1 Å². The molecule has 1 aromatic heterocycles. The maximum atomic E-state index is 13.0. The van der Waals surface area contributed by atoms with E-state index in [1.165, 1.54) is 39.3 Å². The van der Waals surface area contributed by atoms with Gasteiger partial charge in [0.15, 0.2) is 29.3 Å². The summed E-state index contributed by atoms with van der Waals surface area (Å²) in [5.41, 5.74) is -0.498. The fraction of sp³-hybridized carbons (Fsp3) is 0.483. The van der Waals surface area contributed by atoms with Crippen molar-refractivity contribution in [3.63, 3.8) is 0 Å². The zero-order valence-electron chi connectivity index (χ0n) is 24.2. The Kier molecular flexibility index (Phi) is 9.41. The second-order valence-corrected chi connectivity index (χ2v) is 10.6. The molecule has 2 aromatic carbocycles. The van der Waals surface area contributed by atoms with Crippen molar-refractivity contribution < 1.29 is 73.7 Å². The summed E-state index contributed by atoms with van der Waals surface area (Å²) in [5.74, 6) is -0.912. The van der Waals surface area contributed by atoms with Crippen molar-refractivity contribution in [3.05, 3.63) is 40.6 Å². The fourth-order valence-electron chi connectivity index (χ4n) is 5.20. The molecule has 8 N–H and O–H groups in total. The van der Waals surface area contributed by atoms with Gasteiger partial charge in [0.25, 0.3) is 0 Å². The van der Waals surface area contributed by atoms with Crippen LogP contribution in [0.4, 0.5) is 0 Å². The predicted molar refractivity (Wildman–Crippen MR) is 150 cm³/mol. The van der Waals surface area contributed by atoms with Crippen LogP contribution in [0, 0.1) is 0 Å². The number of aliphatic hydroxyl groups excluding tert-OH is 6. The Hall–Kier alpha value is -3.71. The van der Waals surface area contributed by atoms with E-state index in [4.69, 9.17) is 32.8 Å². The molecule has 10 atom stereocenters. The molecule has 0 radical (unpaired) electrons. The zero-order chi connectivity index (χ0) is 32.7. The smallest absolute Gasteiger partial charge is 0.229 e. The van der Waals surface area contributed by atoms with Crippen LogP contribution < -0.4 is 19.6 Å². The normalized spacial score (nSPS) is 31.9. The summed E-state index contributed by atoms with van der Waals surface area (Å²) in [6, 6.07) is 6.22. The van der Waals surface area contributed by atoms with E-state index < -0.39 is 79.2 Å². The maximum absolute atomic E-state index is 13.0. The summed E-state index contributed by atoms with van der Waals surface area (Å²) >= 11 is 0. The van der Waals surface area contributed by atoms with Gasteiger partial charge in [0.2, 0.25) is 12.0 Å². The van der Waals surface area contributed by atoms with Gasteiger partial charge in [-0.1, -0.05) is 0 Å². The van der Waals surface area contributed by atoms with Gasteiger partial charge < -0.3 is 73.7 Å². The summed E-state index contributed by atoms with van der Waals surface area (Å²) in [5, 5.41) is 82.5. The van der Waals surface area contributed by atoms with E-state index in [2.05, 4.69) is 0 Å². The largest absolute Gasteiger partial charge is 0.507 e. The van der Waals surface area contributed by atoms with E-state index in [9.17, 15) is 45.6 Å². The first kappa shape index (κ1) is 32.7. The Labute approximate surface area is 254 Å². The minimum Gasteiger partial charge on any atom is -0.507 e. The van der Waals surface area contributed by atoms with Gasteiger partial charge in [-0.25, -0.2) is 0 Å². The highest BCUT2D eigenvalue weighted by Crippen LogP contribution is 2.41. The number of fused-ring (bicyclic) bond motifs is 1. The number of methoxy groups -OCH3 is 2. The molecule has 2 aliphatic rings. The number of hydrogen-bond acceptors (Lipinski definition) is 16. The van der Waals surface area contributed by atoms with Gasteiger partial charge in [-0.05, 0) is 19.1 Å². The number of aromatic hydroxyl groups is 2. The van der Waals surface area contributed by atoms with Crippen LogP contribution in [0.5, 0.6) is 28.7 Å². The standard InChI is InChI=1S/C29H34O16/c1-10-21(33)24(36)26(38)28(41-10)45-27-25(37)23(35)19(9-30)44-29(27)42-12-6-13(31)20-14(32)8-15(43-16(20)7-12)11-4-17(39-2)22(34)18(5-11)40-3/h4-8,10,19,21,23-31,33-38H,9H2,1-3H3/t10-,19+,21+,23+,24-,25-,26-,27-,28+,29-/m0/s1. The summed E-state index contributed by atoms with van der Waals surface area (Å²) in [6.45, 7) is 0.675. The van der Waals surface area contributed by atoms with Crippen LogP contribution in [0.2, 0.25) is 0 Å². The topological polar surface area (TPSA) is 247 Å². The molecule has 246 valence electrons. The molecule has 0 spiro atoms. The third-order valence-electron chi connectivity index (χ3n) is 7.72. The zero-order valence-corrected chi connectivity index (χ0v) is 24.2. The average molecular weight is 639 g/mol. The van der Waals surface area contributed by atoms with Crippen molar-refractivity contribution in [2.24, 2.45) is 0 Å². The second kappa shape index (κ2) is 13.0. The Bertz CT molecular complexity index is 1550. The molecule has 16 heteroatoms. The molecule has 2 fully saturated rings. The van der Waals surface area contributed by atoms with E-state index in [-0.39, 0.29) is 45.3 Å². The summed E-state index contributed by atoms with van der Waals surface area (Å²) in [4.78, 5) is 13.0. The molecule has 3 heterocycles. The molecule has 45 heavy (non-hydrogen) atoms. The molecule has 0 unspecified atom stereocenters. The Morgan fingerprint density at radius 2 is 1.47 bits per heavy atom. The van der Waals surface area contributed by atoms with Crippen LogP contribution in [-0.2, 0) is 14.2 Å². The van der Waals surface area contributed by atoms with Crippen LogP contribution in [0.1, 0.15) is 6.92 Å². The Balaban J connectivity index is 1.50. The number of phenols is 2. The number of ether oxygens (including phenoxy) is 6. The van der Waals surface area contributed by atoms with Crippen molar-refractivity contribution in [1.29, 1.82) is 0 Å². The third-order valence-corrected chi connectivity index (χ3v) is 7.72. The van der Waals surface area contributed by atoms with Crippen LogP contribution in [0.3, 0.4) is 0 Å². The van der Waals surface area contributed by atoms with Crippen molar-refractivity contribution in [2.75, 3.05) is 20.8 Å². The summed E-state index contributed by atoms with van der Waals surface area (Å²) < 4.78 is 38.9. The molecule has 16 nitrogen and oxygen atoms in total. The van der Waals surface area contributed by atoms with Crippen LogP contribution in [-0.4, -0.2) is 123 Å². The van der Waals surface area contributed by atoms with Gasteiger partial charge in [-0.3, -0.25) is 4.79 Å². The molecule has 0 amide bonds. The molecular formula is C29H34O16. The van der Waals surface area contributed by atoms with Crippen LogP contribution in [0.15, 0.2) is 39.5 Å². The summed E-state index contributed by atoms with van der Waals surface area (Å²) in [6.07, 6.45) is -15.6. The van der Waals surface area contributed by atoms with E-state index in [0.29, 0.717) is 0 Å². The molecule has 2 aliphatic heterocycles. The van der Waals surface area contributed by atoms with Gasteiger partial charge in [0.1, 0.15) is 64.9 Å². The highest BCUT2D eigenvalue weighted by Gasteiger charge is 2.51. The van der Waals surface area contributed by atoms with Gasteiger partial charge in [-0.2, -0.15) is 0 Å². The lowest BCUT2D eigenvalue weighted by molar-refractivity contribution is -0.354. The molecule has 0 aliphatic carbocycles. The minimum absolute atomic E-state index is 0.00738. The van der Waals surface area contributed by atoms with E-state index >= 15 is 0 Å². The first-order valence-corrected chi connectivity index (χ1v) is 13.8. The SMILES string of the molecule is COc1cc(-c2cc(=O)c3c(O)cc(O[C@H]4O[C@H](CO)[C@@H](O)[C@H](O)[C@@H]4O[C@H]4O[C@@H](C)[C@@H](O)[C@H](O)[C@@H]4O)cc3o2)cc(OC)c1O. The molecule has 3 aromatic rings. The van der Waals surface area contributed by atoms with Gasteiger partial charge in [0, 0.05) is 23.8 Å². The molecule has 0 saturated carbocycles. The third kappa shape index (κ3) is 6.11. The van der Waals surface area contributed by atoms with Gasteiger partial charge in [-0.15, -0.1) is 0 Å². The summed E-state index contributed by atoms with van der Waals surface area (Å²) in [7, 11) is 2.65. The maximum Gasteiger partial charge on any atom is 0.229 e. The quantitative estimate of drug-likeness (QED) is 0.146. The van der Waals surface area contributed by atoms with Crippen LogP contribution >= 0.6 is 0 Å². The lowest BCUT2D eigenvalue weighted by Gasteiger charge is -2.45. The number of benzene rings is 2. The molecule has 5 rings (SSSR count). The van der Waals surface area contributed by atoms with Crippen molar-refractivity contribution in [1.82, 2.24) is 0 Å². The highest BCUT2D eigenvalue weighted by atomic mass is 16.8. The number of phenolic OH excluding ortho intramolecular Hbond substituents is 2. The van der Waals surface area contributed by atoms with Gasteiger partial charge in [0.05, 0.1) is 26.9 Å². The number of aliphatic hydroxyl groups is 6. The minimum atomic E-state index is -1.78. The number of rotatable bonds is 8. The second-order valence-electron chi connectivity index (χ2n) is 10.6. The Morgan fingerprint density at radius 1 is 0.800 bits per heavy atom. The van der Waals surface area contributed by atoms with Crippen LogP contribution in [0.25, 0.3) is 22.3 Å². The molecular weight excluding hydrogens is 604 g/mol.